The first kappa shape index (κ1) is 14.5. The normalized spacial score (nSPS) is 10.4. The van der Waals surface area contributed by atoms with Gasteiger partial charge in [-0.2, -0.15) is 5.26 Å². The molecule has 0 aliphatic carbocycles. The van der Waals surface area contributed by atoms with E-state index >= 15 is 0 Å². The van der Waals surface area contributed by atoms with Crippen LogP contribution in [-0.2, 0) is 0 Å². The van der Waals surface area contributed by atoms with E-state index in [-0.39, 0.29) is 21.6 Å². The molecule has 3 heterocycles. The molecule has 3 aromatic heterocycles. The Balaban J connectivity index is 2.01. The molecule has 3 rings (SSSR count). The predicted octanol–water partition coefficient (Wildman–Crippen LogP) is 1.58. The average Bonchev–Trinajstić information content (AvgIpc) is 3.17. The maximum absolute atomic E-state index is 11.2. The van der Waals surface area contributed by atoms with Crippen LogP contribution in [0, 0.1) is 21.4 Å². The Morgan fingerprint density at radius 2 is 2.26 bits per heavy atom. The number of hydrogen-bond donors (Lipinski definition) is 1. The minimum absolute atomic E-state index is 0.000792. The van der Waals surface area contributed by atoms with Crippen molar-refractivity contribution in [2.75, 3.05) is 5.84 Å². The zero-order valence-corrected chi connectivity index (χ0v) is 12.1. The molecule has 2 N–H and O–H groups in total. The topological polar surface area (TPSA) is 150 Å². The van der Waals surface area contributed by atoms with Crippen molar-refractivity contribution < 1.29 is 9.34 Å². The van der Waals surface area contributed by atoms with Crippen molar-refractivity contribution in [3.8, 4) is 17.7 Å². The summed E-state index contributed by atoms with van der Waals surface area (Å²) in [7, 11) is 0. The monoisotopic (exact) mass is 329 g/mol. The van der Waals surface area contributed by atoms with Gasteiger partial charge >= 0.3 is 5.69 Å². The van der Waals surface area contributed by atoms with Gasteiger partial charge in [0, 0.05) is 6.20 Å². The molecule has 0 saturated carbocycles. The van der Waals surface area contributed by atoms with Crippen LogP contribution in [0.3, 0.4) is 0 Å². The number of furan rings is 1. The minimum Gasteiger partial charge on any atom is -0.461 e. The highest BCUT2D eigenvalue weighted by Crippen LogP contribution is 2.34. The second-order valence-electron chi connectivity index (χ2n) is 4.14. The second kappa shape index (κ2) is 5.78. The van der Waals surface area contributed by atoms with Gasteiger partial charge in [-0.3, -0.25) is 10.1 Å². The number of nitro groups is 1. The standard InChI is InChI=1S/C12H7N7O3S/c13-6-7-3-4-15-11(9(7)19(20)21)23-12-17-16-10(18(12)14)8-2-1-5-22-8/h1-5H,14H2. The average molecular weight is 329 g/mol. The van der Waals surface area contributed by atoms with Gasteiger partial charge < -0.3 is 10.3 Å². The highest BCUT2D eigenvalue weighted by atomic mass is 32.2. The molecule has 0 saturated heterocycles. The van der Waals surface area contributed by atoms with Gasteiger partial charge in [0.1, 0.15) is 11.6 Å². The van der Waals surface area contributed by atoms with E-state index in [1.807, 2.05) is 0 Å². The maximum Gasteiger partial charge on any atom is 0.319 e. The molecule has 0 unspecified atom stereocenters. The summed E-state index contributed by atoms with van der Waals surface area (Å²) >= 11 is 0.836. The predicted molar refractivity (Wildman–Crippen MR) is 77.6 cm³/mol. The Kier molecular flexibility index (Phi) is 3.65. The van der Waals surface area contributed by atoms with Crippen molar-refractivity contribution in [3.63, 3.8) is 0 Å². The number of nitriles is 1. The third-order valence-corrected chi connectivity index (χ3v) is 3.74. The molecule has 10 nitrogen and oxygen atoms in total. The quantitative estimate of drug-likeness (QED) is 0.427. The number of aromatic nitrogens is 4. The SMILES string of the molecule is N#Cc1ccnc(Sc2nnc(-c3ccco3)n2N)c1[N+](=O)[O-]. The Bertz CT molecular complexity index is 913. The van der Waals surface area contributed by atoms with Crippen LogP contribution >= 0.6 is 11.8 Å². The lowest BCUT2D eigenvalue weighted by molar-refractivity contribution is -0.388. The zero-order valence-electron chi connectivity index (χ0n) is 11.3. The van der Waals surface area contributed by atoms with Crippen LogP contribution in [-0.4, -0.2) is 24.8 Å². The molecule has 3 aromatic rings. The lowest BCUT2D eigenvalue weighted by Gasteiger charge is -2.03. The fourth-order valence-corrected chi connectivity index (χ4v) is 2.62. The molecule has 0 radical (unpaired) electrons. The van der Waals surface area contributed by atoms with Crippen molar-refractivity contribution in [3.05, 3.63) is 46.3 Å². The van der Waals surface area contributed by atoms with Crippen LogP contribution in [0.4, 0.5) is 5.69 Å². The lowest BCUT2D eigenvalue weighted by atomic mass is 10.2. The molecular weight excluding hydrogens is 322 g/mol. The molecule has 0 aliphatic heterocycles. The molecule has 0 fully saturated rings. The fourth-order valence-electron chi connectivity index (χ4n) is 1.78. The number of nitrogens with zero attached hydrogens (tertiary/aromatic N) is 6. The van der Waals surface area contributed by atoms with Crippen LogP contribution in [0.15, 0.2) is 45.3 Å². The van der Waals surface area contributed by atoms with Gasteiger partial charge in [0.15, 0.2) is 10.8 Å². The van der Waals surface area contributed by atoms with Crippen LogP contribution in [0.5, 0.6) is 0 Å². The molecule has 23 heavy (non-hydrogen) atoms. The minimum atomic E-state index is -0.668. The Morgan fingerprint density at radius 1 is 1.43 bits per heavy atom. The summed E-state index contributed by atoms with van der Waals surface area (Å²) in [6.45, 7) is 0. The second-order valence-corrected chi connectivity index (χ2v) is 5.09. The van der Waals surface area contributed by atoms with Crippen molar-refractivity contribution >= 4 is 17.4 Å². The van der Waals surface area contributed by atoms with E-state index < -0.39 is 10.6 Å². The molecule has 0 aromatic carbocycles. The Labute approximate surface area is 132 Å². The molecule has 0 atom stereocenters. The van der Waals surface area contributed by atoms with Crippen molar-refractivity contribution in [2.24, 2.45) is 0 Å². The summed E-state index contributed by atoms with van der Waals surface area (Å²) in [5.41, 5.74) is -0.496. The number of rotatable bonds is 4. The number of nitrogen functional groups attached to an aromatic ring is 1. The summed E-state index contributed by atoms with van der Waals surface area (Å²) in [6, 6.07) is 6.35. The molecule has 0 spiro atoms. The van der Waals surface area contributed by atoms with Gasteiger partial charge in [-0.1, -0.05) is 0 Å². The summed E-state index contributed by atoms with van der Waals surface area (Å²) in [6.07, 6.45) is 2.76. The Morgan fingerprint density at radius 3 is 2.91 bits per heavy atom. The molecule has 0 aliphatic rings. The molecular formula is C12H7N7O3S. The van der Waals surface area contributed by atoms with Gasteiger partial charge in [0.05, 0.1) is 11.2 Å². The van der Waals surface area contributed by atoms with Gasteiger partial charge in [0.2, 0.25) is 11.0 Å². The maximum atomic E-state index is 11.2. The number of hydrogen-bond acceptors (Lipinski definition) is 9. The molecule has 11 heteroatoms. The van der Waals surface area contributed by atoms with Gasteiger partial charge in [0.25, 0.3) is 0 Å². The van der Waals surface area contributed by atoms with Gasteiger partial charge in [-0.25, -0.2) is 9.66 Å². The van der Waals surface area contributed by atoms with Gasteiger partial charge in [-0.15, -0.1) is 10.2 Å². The van der Waals surface area contributed by atoms with Crippen molar-refractivity contribution in [2.45, 2.75) is 10.2 Å². The summed E-state index contributed by atoms with van der Waals surface area (Å²) in [4.78, 5) is 14.4. The third-order valence-electron chi connectivity index (χ3n) is 2.79. The first-order valence-corrected chi connectivity index (χ1v) is 6.89. The zero-order chi connectivity index (χ0) is 16.4. The summed E-state index contributed by atoms with van der Waals surface area (Å²) in [5.74, 6) is 6.55. The number of nitrogens with two attached hydrogens (primary N) is 1. The van der Waals surface area contributed by atoms with Crippen LogP contribution < -0.4 is 5.84 Å². The largest absolute Gasteiger partial charge is 0.461 e. The van der Waals surface area contributed by atoms with E-state index in [2.05, 4.69) is 15.2 Å². The van der Waals surface area contributed by atoms with Gasteiger partial charge in [-0.05, 0) is 30.0 Å². The highest BCUT2D eigenvalue weighted by molar-refractivity contribution is 7.99. The highest BCUT2D eigenvalue weighted by Gasteiger charge is 2.24. The summed E-state index contributed by atoms with van der Waals surface area (Å²) in [5, 5.41) is 28.1. The van der Waals surface area contributed by atoms with E-state index in [1.165, 1.54) is 18.5 Å². The number of pyridine rings is 1. The van der Waals surface area contributed by atoms with E-state index in [1.54, 1.807) is 18.2 Å². The first-order valence-electron chi connectivity index (χ1n) is 6.07. The van der Waals surface area contributed by atoms with Crippen LogP contribution in [0.25, 0.3) is 11.6 Å². The molecule has 114 valence electrons. The van der Waals surface area contributed by atoms with Crippen LogP contribution in [0.2, 0.25) is 0 Å². The van der Waals surface area contributed by atoms with Crippen molar-refractivity contribution in [1.82, 2.24) is 19.9 Å². The van der Waals surface area contributed by atoms with E-state index in [0.29, 0.717) is 5.76 Å². The van der Waals surface area contributed by atoms with Crippen LogP contribution in [0.1, 0.15) is 5.56 Å². The lowest BCUT2D eigenvalue weighted by Crippen LogP contribution is -2.11. The van der Waals surface area contributed by atoms with E-state index in [9.17, 15) is 10.1 Å². The van der Waals surface area contributed by atoms with Crippen molar-refractivity contribution in [1.29, 1.82) is 5.26 Å². The molecule has 0 bridgehead atoms. The summed E-state index contributed by atoms with van der Waals surface area (Å²) < 4.78 is 6.32. The molecule has 0 amide bonds. The van der Waals surface area contributed by atoms with E-state index in [4.69, 9.17) is 15.5 Å². The fraction of sp³-hybridized carbons (Fsp3) is 0. The van der Waals surface area contributed by atoms with E-state index in [0.717, 1.165) is 16.4 Å². The first-order chi connectivity index (χ1) is 11.1. The smallest absolute Gasteiger partial charge is 0.319 e. The Hall–Kier alpha value is -3.39. The third kappa shape index (κ3) is 2.58.